The number of carbonyl (C=O) groups is 1. The second-order valence-corrected chi connectivity index (χ2v) is 3.97. The molecule has 1 aromatic carbocycles. The molecule has 0 bridgehead atoms. The van der Waals surface area contributed by atoms with E-state index in [4.69, 9.17) is 5.73 Å². The highest BCUT2D eigenvalue weighted by Gasteiger charge is 2.17. The summed E-state index contributed by atoms with van der Waals surface area (Å²) in [5, 5.41) is 0. The lowest BCUT2D eigenvalue weighted by atomic mass is 10.1. The van der Waals surface area contributed by atoms with Crippen LogP contribution in [0.3, 0.4) is 0 Å². The van der Waals surface area contributed by atoms with Gasteiger partial charge < -0.3 is 10.6 Å². The first-order chi connectivity index (χ1) is 7.69. The van der Waals surface area contributed by atoms with Gasteiger partial charge in [-0.1, -0.05) is 37.3 Å². The zero-order valence-corrected chi connectivity index (χ0v) is 11.2. The minimum Gasteiger partial charge on any atom is -0.335 e. The first-order valence-electron chi connectivity index (χ1n) is 5.72. The summed E-state index contributed by atoms with van der Waals surface area (Å²) in [5.41, 5.74) is 6.57. The molecule has 0 aliphatic rings. The highest BCUT2D eigenvalue weighted by atomic mass is 35.5. The van der Waals surface area contributed by atoms with Gasteiger partial charge in [-0.15, -0.1) is 12.4 Å². The van der Waals surface area contributed by atoms with Crippen LogP contribution in [-0.4, -0.2) is 23.4 Å². The van der Waals surface area contributed by atoms with Crippen molar-refractivity contribution in [2.45, 2.75) is 32.9 Å². The molecule has 0 aromatic heterocycles. The van der Waals surface area contributed by atoms with Crippen molar-refractivity contribution in [3.05, 3.63) is 35.9 Å². The maximum atomic E-state index is 11.7. The van der Waals surface area contributed by atoms with E-state index in [9.17, 15) is 4.79 Å². The van der Waals surface area contributed by atoms with Crippen molar-refractivity contribution >= 4 is 18.3 Å². The molecule has 0 aliphatic heterocycles. The standard InChI is InChI=1S/C13H20N2O.ClH/c1-3-11(2)15(13(16)9-14)10-12-7-5-4-6-8-12;/h4-8,11H,3,9-10,14H2,1-2H3;1H. The summed E-state index contributed by atoms with van der Waals surface area (Å²) >= 11 is 0. The Morgan fingerprint density at radius 2 is 1.94 bits per heavy atom. The monoisotopic (exact) mass is 256 g/mol. The summed E-state index contributed by atoms with van der Waals surface area (Å²) in [7, 11) is 0. The smallest absolute Gasteiger partial charge is 0.236 e. The van der Waals surface area contributed by atoms with Crippen molar-refractivity contribution in [1.82, 2.24) is 4.90 Å². The van der Waals surface area contributed by atoms with Gasteiger partial charge in [0.25, 0.3) is 0 Å². The van der Waals surface area contributed by atoms with Crippen LogP contribution < -0.4 is 5.73 Å². The van der Waals surface area contributed by atoms with Crippen LogP contribution in [0.15, 0.2) is 30.3 Å². The van der Waals surface area contributed by atoms with Crippen LogP contribution in [0, 0.1) is 0 Å². The number of nitrogens with zero attached hydrogens (tertiary/aromatic N) is 1. The molecule has 0 heterocycles. The molecule has 0 radical (unpaired) electrons. The van der Waals surface area contributed by atoms with Gasteiger partial charge in [0.1, 0.15) is 0 Å². The number of rotatable bonds is 5. The van der Waals surface area contributed by atoms with E-state index in [0.717, 1.165) is 12.0 Å². The van der Waals surface area contributed by atoms with E-state index in [1.807, 2.05) is 35.2 Å². The Balaban J connectivity index is 0.00000256. The van der Waals surface area contributed by atoms with Crippen molar-refractivity contribution in [3.63, 3.8) is 0 Å². The molecule has 0 fully saturated rings. The van der Waals surface area contributed by atoms with E-state index >= 15 is 0 Å². The van der Waals surface area contributed by atoms with Crippen LogP contribution in [0.25, 0.3) is 0 Å². The van der Waals surface area contributed by atoms with Crippen molar-refractivity contribution in [1.29, 1.82) is 0 Å². The number of carbonyl (C=O) groups excluding carboxylic acids is 1. The predicted octanol–water partition coefficient (Wildman–Crippen LogP) is 2.19. The molecule has 2 N–H and O–H groups in total. The van der Waals surface area contributed by atoms with E-state index in [-0.39, 0.29) is 30.9 Å². The van der Waals surface area contributed by atoms with Crippen LogP contribution in [0.4, 0.5) is 0 Å². The highest BCUT2D eigenvalue weighted by Crippen LogP contribution is 2.10. The van der Waals surface area contributed by atoms with E-state index in [2.05, 4.69) is 13.8 Å². The molecule has 1 aromatic rings. The van der Waals surface area contributed by atoms with E-state index in [1.54, 1.807) is 0 Å². The molecule has 1 unspecified atom stereocenters. The second-order valence-electron chi connectivity index (χ2n) is 3.97. The average Bonchev–Trinajstić information content (AvgIpc) is 2.35. The van der Waals surface area contributed by atoms with Crippen LogP contribution >= 0.6 is 12.4 Å². The Morgan fingerprint density at radius 1 is 1.35 bits per heavy atom. The van der Waals surface area contributed by atoms with Crippen LogP contribution in [0.1, 0.15) is 25.8 Å². The Bertz CT molecular complexity index is 329. The van der Waals surface area contributed by atoms with Gasteiger partial charge in [-0.2, -0.15) is 0 Å². The lowest BCUT2D eigenvalue weighted by molar-refractivity contribution is -0.132. The summed E-state index contributed by atoms with van der Waals surface area (Å²) in [5.74, 6) is 0.0122. The fourth-order valence-electron chi connectivity index (χ4n) is 1.61. The largest absolute Gasteiger partial charge is 0.335 e. The zero-order chi connectivity index (χ0) is 12.0. The summed E-state index contributed by atoms with van der Waals surface area (Å²) in [6.07, 6.45) is 0.943. The van der Waals surface area contributed by atoms with E-state index < -0.39 is 0 Å². The van der Waals surface area contributed by atoms with E-state index in [0.29, 0.717) is 6.54 Å². The van der Waals surface area contributed by atoms with Crippen molar-refractivity contribution in [3.8, 4) is 0 Å². The normalized spacial score (nSPS) is 11.5. The van der Waals surface area contributed by atoms with Gasteiger partial charge in [0.2, 0.25) is 5.91 Å². The lowest BCUT2D eigenvalue weighted by Gasteiger charge is -2.28. The van der Waals surface area contributed by atoms with Crippen molar-refractivity contribution < 1.29 is 4.79 Å². The number of hydrogen-bond donors (Lipinski definition) is 1. The Hall–Kier alpha value is -1.06. The highest BCUT2D eigenvalue weighted by molar-refractivity contribution is 5.85. The quantitative estimate of drug-likeness (QED) is 0.878. The molecule has 3 nitrogen and oxygen atoms in total. The van der Waals surface area contributed by atoms with Crippen LogP contribution in [-0.2, 0) is 11.3 Å². The van der Waals surface area contributed by atoms with Gasteiger partial charge in [0, 0.05) is 12.6 Å². The lowest BCUT2D eigenvalue weighted by Crippen LogP contribution is -2.41. The number of hydrogen-bond acceptors (Lipinski definition) is 2. The molecule has 4 heteroatoms. The first kappa shape index (κ1) is 15.9. The fourth-order valence-corrected chi connectivity index (χ4v) is 1.61. The minimum absolute atomic E-state index is 0. The van der Waals surface area contributed by atoms with Crippen molar-refractivity contribution in [2.24, 2.45) is 5.73 Å². The average molecular weight is 257 g/mol. The maximum absolute atomic E-state index is 11.7. The van der Waals surface area contributed by atoms with Crippen LogP contribution in [0.2, 0.25) is 0 Å². The SMILES string of the molecule is CCC(C)N(Cc1ccccc1)C(=O)CN.Cl. The summed E-state index contributed by atoms with van der Waals surface area (Å²) in [4.78, 5) is 13.6. The van der Waals surface area contributed by atoms with Gasteiger partial charge in [-0.05, 0) is 18.9 Å². The molecule has 0 saturated heterocycles. The first-order valence-corrected chi connectivity index (χ1v) is 5.72. The van der Waals surface area contributed by atoms with Gasteiger partial charge in [-0.25, -0.2) is 0 Å². The van der Waals surface area contributed by atoms with Gasteiger partial charge >= 0.3 is 0 Å². The molecule has 1 rings (SSSR count). The molecule has 0 spiro atoms. The summed E-state index contributed by atoms with van der Waals surface area (Å²) in [6, 6.07) is 10.2. The minimum atomic E-state index is 0. The molecule has 1 atom stereocenters. The molecule has 96 valence electrons. The van der Waals surface area contributed by atoms with Crippen molar-refractivity contribution in [2.75, 3.05) is 6.54 Å². The molecule has 0 saturated carbocycles. The Morgan fingerprint density at radius 3 is 2.41 bits per heavy atom. The third-order valence-electron chi connectivity index (χ3n) is 2.81. The molecular formula is C13H21ClN2O. The Labute approximate surface area is 109 Å². The number of amides is 1. The third kappa shape index (κ3) is 4.75. The number of benzene rings is 1. The predicted molar refractivity (Wildman–Crippen MR) is 73.0 cm³/mol. The third-order valence-corrected chi connectivity index (χ3v) is 2.81. The van der Waals surface area contributed by atoms with Gasteiger partial charge in [0.15, 0.2) is 0 Å². The maximum Gasteiger partial charge on any atom is 0.236 e. The topological polar surface area (TPSA) is 46.3 Å². The second kappa shape index (κ2) is 8.09. The van der Waals surface area contributed by atoms with Gasteiger partial charge in [-0.3, -0.25) is 4.79 Å². The Kier molecular flexibility index (Phi) is 7.59. The molecule has 1 amide bonds. The fraction of sp³-hybridized carbons (Fsp3) is 0.462. The number of nitrogens with two attached hydrogens (primary N) is 1. The molecule has 0 aliphatic carbocycles. The molecular weight excluding hydrogens is 236 g/mol. The zero-order valence-electron chi connectivity index (χ0n) is 10.4. The number of halogens is 1. The van der Waals surface area contributed by atoms with Gasteiger partial charge in [0.05, 0.1) is 6.54 Å². The summed E-state index contributed by atoms with van der Waals surface area (Å²) < 4.78 is 0. The summed E-state index contributed by atoms with van der Waals surface area (Å²) in [6.45, 7) is 4.85. The van der Waals surface area contributed by atoms with E-state index in [1.165, 1.54) is 0 Å². The molecule has 17 heavy (non-hydrogen) atoms. The van der Waals surface area contributed by atoms with Crippen LogP contribution in [0.5, 0.6) is 0 Å².